The first kappa shape index (κ1) is 22.7. The van der Waals surface area contributed by atoms with Crippen molar-refractivity contribution in [2.45, 2.75) is 45.4 Å². The molecular weight excluding hydrogens is 430 g/mol. The van der Waals surface area contributed by atoms with Crippen LogP contribution in [0.15, 0.2) is 12.1 Å². The van der Waals surface area contributed by atoms with E-state index in [4.69, 9.17) is 0 Å². The van der Waals surface area contributed by atoms with Crippen molar-refractivity contribution < 1.29 is 13.2 Å². The van der Waals surface area contributed by atoms with E-state index in [0.29, 0.717) is 49.9 Å². The lowest BCUT2D eigenvalue weighted by Crippen LogP contribution is -2.46. The summed E-state index contributed by atoms with van der Waals surface area (Å²) < 4.78 is 25.0. The highest BCUT2D eigenvalue weighted by molar-refractivity contribution is 7.88. The van der Waals surface area contributed by atoms with Gasteiger partial charge in [-0.3, -0.25) is 9.89 Å². The fraction of sp³-hybridized carbons (Fsp3) is 0.619. The number of sulfonamides is 1. The maximum absolute atomic E-state index is 13.2. The lowest BCUT2D eigenvalue weighted by molar-refractivity contribution is -0.138. The summed E-state index contributed by atoms with van der Waals surface area (Å²) in [7, 11) is -3.19. The van der Waals surface area contributed by atoms with Crippen molar-refractivity contribution in [3.8, 4) is 0 Å². The van der Waals surface area contributed by atoms with Gasteiger partial charge in [0.1, 0.15) is 11.6 Å². The van der Waals surface area contributed by atoms with E-state index in [1.807, 2.05) is 30.9 Å². The smallest absolute Gasteiger partial charge is 0.225 e. The molecule has 4 rings (SSSR count). The number of rotatable bonds is 5. The van der Waals surface area contributed by atoms with Gasteiger partial charge in [-0.15, -0.1) is 0 Å². The highest BCUT2D eigenvalue weighted by Crippen LogP contribution is 2.30. The molecule has 2 fully saturated rings. The minimum Gasteiger partial charge on any atom is -0.342 e. The number of hydrogen-bond donors (Lipinski definition) is 2. The van der Waals surface area contributed by atoms with Gasteiger partial charge in [0.05, 0.1) is 11.9 Å². The molecule has 0 aliphatic carbocycles. The predicted molar refractivity (Wildman–Crippen MR) is 121 cm³/mol. The molecule has 0 bridgehead atoms. The summed E-state index contributed by atoms with van der Waals surface area (Å²) in [5.41, 5.74) is 1.89. The van der Waals surface area contributed by atoms with Crippen LogP contribution in [-0.2, 0) is 14.8 Å². The topological polar surface area (TPSA) is 124 Å². The number of nitrogens with zero attached hydrogens (tertiary/aromatic N) is 5. The fourth-order valence-electron chi connectivity index (χ4n) is 4.59. The first-order valence-electron chi connectivity index (χ1n) is 11.1. The molecule has 2 aromatic rings. The normalized spacial score (nSPS) is 21.0. The SMILES string of the molecule is Cc1nc(Nc2cc(C)[nH]n2)cc([C@H]2CCCN(C(=O)C3CCN(S(C)(=O)=O)CC3)C2)n1. The summed E-state index contributed by atoms with van der Waals surface area (Å²) in [5, 5.41) is 10.3. The van der Waals surface area contributed by atoms with E-state index >= 15 is 0 Å². The van der Waals surface area contributed by atoms with E-state index < -0.39 is 10.0 Å². The lowest BCUT2D eigenvalue weighted by atomic mass is 9.91. The second kappa shape index (κ2) is 9.14. The van der Waals surface area contributed by atoms with Crippen molar-refractivity contribution in [3.63, 3.8) is 0 Å². The van der Waals surface area contributed by atoms with Gasteiger partial charge in [-0.2, -0.15) is 5.10 Å². The third-order valence-corrected chi connectivity index (χ3v) is 7.55. The number of likely N-dealkylation sites (tertiary alicyclic amines) is 1. The van der Waals surface area contributed by atoms with Gasteiger partial charge in [0.15, 0.2) is 5.82 Å². The van der Waals surface area contributed by atoms with Crippen molar-refractivity contribution in [2.75, 3.05) is 37.8 Å². The summed E-state index contributed by atoms with van der Waals surface area (Å²) in [6.07, 6.45) is 4.27. The molecule has 0 saturated carbocycles. The van der Waals surface area contributed by atoms with Gasteiger partial charge in [0.2, 0.25) is 15.9 Å². The van der Waals surface area contributed by atoms with Gasteiger partial charge in [0, 0.05) is 55.8 Å². The van der Waals surface area contributed by atoms with Crippen LogP contribution in [0.5, 0.6) is 0 Å². The quantitative estimate of drug-likeness (QED) is 0.697. The Balaban J connectivity index is 1.42. The highest BCUT2D eigenvalue weighted by atomic mass is 32.2. The molecule has 0 spiro atoms. The van der Waals surface area contributed by atoms with Gasteiger partial charge >= 0.3 is 0 Å². The van der Waals surface area contributed by atoms with Crippen LogP contribution in [0.3, 0.4) is 0 Å². The van der Waals surface area contributed by atoms with E-state index in [-0.39, 0.29) is 17.7 Å². The Morgan fingerprint density at radius 1 is 1.09 bits per heavy atom. The number of aryl methyl sites for hydroxylation is 2. The minimum absolute atomic E-state index is 0.112. The van der Waals surface area contributed by atoms with E-state index in [2.05, 4.69) is 25.5 Å². The summed E-state index contributed by atoms with van der Waals surface area (Å²) >= 11 is 0. The molecule has 174 valence electrons. The van der Waals surface area contributed by atoms with Gasteiger partial charge < -0.3 is 10.2 Å². The molecule has 2 aromatic heterocycles. The number of aromatic amines is 1. The monoisotopic (exact) mass is 461 g/mol. The summed E-state index contributed by atoms with van der Waals surface area (Å²) in [5.74, 6) is 2.24. The fourth-order valence-corrected chi connectivity index (χ4v) is 5.46. The van der Waals surface area contributed by atoms with E-state index in [9.17, 15) is 13.2 Å². The largest absolute Gasteiger partial charge is 0.342 e. The second-order valence-electron chi connectivity index (χ2n) is 8.85. The number of aromatic nitrogens is 4. The Hall–Kier alpha value is -2.53. The standard InChI is InChI=1S/C21H31N7O3S/c1-14-11-20(26-25-14)24-19-12-18(22-15(2)23-19)17-5-4-8-27(13-17)21(29)16-6-9-28(10-7-16)32(3,30)31/h11-12,16-17H,4-10,13H2,1-3H3,(H2,22,23,24,25,26)/t17-/m0/s1. The molecule has 2 aliphatic heterocycles. The number of carbonyl (C=O) groups excluding carboxylic acids is 1. The molecule has 11 heteroatoms. The summed E-state index contributed by atoms with van der Waals surface area (Å²) in [6, 6.07) is 3.85. The third kappa shape index (κ3) is 5.26. The molecule has 2 N–H and O–H groups in total. The summed E-state index contributed by atoms with van der Waals surface area (Å²) in [4.78, 5) is 24.2. The number of piperidine rings is 2. The molecule has 2 saturated heterocycles. The number of hydrogen-bond acceptors (Lipinski definition) is 7. The van der Waals surface area contributed by atoms with Crippen LogP contribution in [0.25, 0.3) is 0 Å². The predicted octanol–water partition coefficient (Wildman–Crippen LogP) is 1.94. The lowest BCUT2D eigenvalue weighted by Gasteiger charge is -2.37. The Morgan fingerprint density at radius 3 is 2.50 bits per heavy atom. The zero-order valence-electron chi connectivity index (χ0n) is 18.8. The van der Waals surface area contributed by atoms with Gasteiger partial charge in [-0.1, -0.05) is 0 Å². The molecule has 2 aliphatic rings. The minimum atomic E-state index is -3.19. The van der Waals surface area contributed by atoms with Gasteiger partial charge in [-0.05, 0) is 39.5 Å². The van der Waals surface area contributed by atoms with Crippen molar-refractivity contribution >= 4 is 27.6 Å². The van der Waals surface area contributed by atoms with E-state index in [1.54, 1.807) is 0 Å². The Labute approximate surface area is 188 Å². The van der Waals surface area contributed by atoms with Gasteiger partial charge in [0.25, 0.3) is 0 Å². The van der Waals surface area contributed by atoms with Crippen LogP contribution in [0.1, 0.15) is 48.8 Å². The number of nitrogens with one attached hydrogen (secondary N) is 2. The number of carbonyl (C=O) groups is 1. The maximum Gasteiger partial charge on any atom is 0.225 e. The van der Waals surface area contributed by atoms with Crippen molar-refractivity contribution in [1.29, 1.82) is 0 Å². The molecule has 1 atom stereocenters. The molecule has 4 heterocycles. The van der Waals surface area contributed by atoms with Crippen LogP contribution >= 0.6 is 0 Å². The number of anilines is 2. The van der Waals surface area contributed by atoms with E-state index in [0.717, 1.165) is 30.8 Å². The third-order valence-electron chi connectivity index (χ3n) is 6.24. The zero-order chi connectivity index (χ0) is 22.9. The Morgan fingerprint density at radius 2 is 1.84 bits per heavy atom. The molecule has 0 aromatic carbocycles. The van der Waals surface area contributed by atoms with Gasteiger partial charge in [-0.25, -0.2) is 22.7 Å². The maximum atomic E-state index is 13.2. The Bertz CT molecular complexity index is 1080. The molecule has 0 radical (unpaired) electrons. The molecule has 32 heavy (non-hydrogen) atoms. The van der Waals surface area contributed by atoms with Crippen LogP contribution in [0.2, 0.25) is 0 Å². The van der Waals surface area contributed by atoms with Crippen LogP contribution < -0.4 is 5.32 Å². The molecular formula is C21H31N7O3S. The molecule has 0 unspecified atom stereocenters. The van der Waals surface area contributed by atoms with Crippen molar-refractivity contribution in [2.24, 2.45) is 5.92 Å². The zero-order valence-corrected chi connectivity index (χ0v) is 19.7. The first-order valence-corrected chi connectivity index (χ1v) is 12.9. The number of H-pyrrole nitrogens is 1. The van der Waals surface area contributed by atoms with Crippen LogP contribution in [0, 0.1) is 19.8 Å². The molecule has 1 amide bonds. The van der Waals surface area contributed by atoms with E-state index in [1.165, 1.54) is 10.6 Å². The summed E-state index contributed by atoms with van der Waals surface area (Å²) in [6.45, 7) is 6.00. The average molecular weight is 462 g/mol. The van der Waals surface area contributed by atoms with Crippen LogP contribution in [0.4, 0.5) is 11.6 Å². The van der Waals surface area contributed by atoms with Crippen LogP contribution in [-0.4, -0.2) is 76.1 Å². The Kier molecular flexibility index (Phi) is 6.47. The van der Waals surface area contributed by atoms with Crippen molar-refractivity contribution in [1.82, 2.24) is 29.4 Å². The highest BCUT2D eigenvalue weighted by Gasteiger charge is 2.34. The van der Waals surface area contributed by atoms with Crippen molar-refractivity contribution in [3.05, 3.63) is 29.3 Å². The molecule has 10 nitrogen and oxygen atoms in total. The first-order chi connectivity index (χ1) is 15.2. The average Bonchev–Trinajstić information content (AvgIpc) is 3.17. The second-order valence-corrected chi connectivity index (χ2v) is 10.8. The number of amides is 1.